The third-order valence-electron chi connectivity index (χ3n) is 4.03. The summed E-state index contributed by atoms with van der Waals surface area (Å²) in [6.45, 7) is 0.471. The lowest BCUT2D eigenvalue weighted by Crippen LogP contribution is -2.22. The second-order valence-electron chi connectivity index (χ2n) is 6.11. The summed E-state index contributed by atoms with van der Waals surface area (Å²) in [5.41, 5.74) is 8.94. The molecule has 0 unspecified atom stereocenters. The molecule has 0 atom stereocenters. The lowest BCUT2D eigenvalue weighted by atomic mass is 10.1. The standard InChI is InChI=1S/C20H23N5O/c1-25(2)19-12-14(17-6-4-5-7-18(17)24-19)13-22-20(21)23-15-8-10-16(26-3)11-9-15/h4-12H,13H2,1-3H3,(H3,21,22,23). The molecule has 0 saturated heterocycles. The zero-order valence-corrected chi connectivity index (χ0v) is 15.2. The number of fused-ring (bicyclic) bond motifs is 1. The van der Waals surface area contributed by atoms with Gasteiger partial charge in [0.2, 0.25) is 0 Å². The van der Waals surface area contributed by atoms with Gasteiger partial charge >= 0.3 is 0 Å². The maximum Gasteiger partial charge on any atom is 0.193 e. The average Bonchev–Trinajstić information content (AvgIpc) is 2.66. The zero-order chi connectivity index (χ0) is 18.5. The number of hydrogen-bond acceptors (Lipinski definition) is 4. The molecule has 0 radical (unpaired) electrons. The second kappa shape index (κ2) is 7.74. The number of nitrogens with one attached hydrogen (secondary N) is 1. The number of para-hydroxylation sites is 1. The molecule has 3 N–H and O–H groups in total. The number of nitrogens with zero attached hydrogens (tertiary/aromatic N) is 3. The van der Waals surface area contributed by atoms with Crippen molar-refractivity contribution < 1.29 is 4.74 Å². The molecular formula is C20H23N5O. The topological polar surface area (TPSA) is 75.8 Å². The molecule has 0 aliphatic rings. The van der Waals surface area contributed by atoms with Gasteiger partial charge in [0.1, 0.15) is 11.6 Å². The number of ether oxygens (including phenoxy) is 1. The van der Waals surface area contributed by atoms with E-state index in [0.29, 0.717) is 12.5 Å². The van der Waals surface area contributed by atoms with Crippen molar-refractivity contribution in [1.29, 1.82) is 0 Å². The third-order valence-corrected chi connectivity index (χ3v) is 4.03. The van der Waals surface area contributed by atoms with Crippen molar-refractivity contribution >= 4 is 28.4 Å². The molecule has 0 aliphatic heterocycles. The van der Waals surface area contributed by atoms with Crippen molar-refractivity contribution in [2.45, 2.75) is 6.54 Å². The van der Waals surface area contributed by atoms with Crippen LogP contribution in [0.5, 0.6) is 5.75 Å². The van der Waals surface area contributed by atoms with Crippen molar-refractivity contribution in [2.24, 2.45) is 10.7 Å². The quantitative estimate of drug-likeness (QED) is 0.546. The SMILES string of the molecule is COc1ccc(NC(N)=NCc2cc(N(C)C)nc3ccccc23)cc1. The fourth-order valence-corrected chi connectivity index (χ4v) is 2.62. The minimum absolute atomic E-state index is 0.363. The van der Waals surface area contributed by atoms with Crippen molar-refractivity contribution in [2.75, 3.05) is 31.4 Å². The van der Waals surface area contributed by atoms with Gasteiger partial charge in [0.15, 0.2) is 5.96 Å². The van der Waals surface area contributed by atoms with Crippen molar-refractivity contribution in [3.63, 3.8) is 0 Å². The van der Waals surface area contributed by atoms with E-state index in [1.807, 2.05) is 67.5 Å². The number of aromatic nitrogens is 1. The molecule has 0 bridgehead atoms. The Balaban J connectivity index is 1.81. The molecule has 0 amide bonds. The number of rotatable bonds is 5. The normalized spacial score (nSPS) is 11.4. The van der Waals surface area contributed by atoms with Gasteiger partial charge in [0, 0.05) is 25.2 Å². The molecule has 1 heterocycles. The molecule has 0 spiro atoms. The second-order valence-corrected chi connectivity index (χ2v) is 6.11. The highest BCUT2D eigenvalue weighted by molar-refractivity contribution is 5.92. The Hall–Kier alpha value is -3.28. The van der Waals surface area contributed by atoms with Crippen LogP contribution in [0.3, 0.4) is 0 Å². The van der Waals surface area contributed by atoms with Crippen LogP contribution in [0.1, 0.15) is 5.56 Å². The predicted molar refractivity (Wildman–Crippen MR) is 108 cm³/mol. The molecule has 0 saturated carbocycles. The number of anilines is 2. The van der Waals surface area contributed by atoms with E-state index in [0.717, 1.165) is 33.7 Å². The monoisotopic (exact) mass is 349 g/mol. The summed E-state index contributed by atoms with van der Waals surface area (Å²) in [7, 11) is 5.59. The molecule has 0 aliphatic carbocycles. The van der Waals surface area contributed by atoms with E-state index >= 15 is 0 Å². The minimum Gasteiger partial charge on any atom is -0.497 e. The van der Waals surface area contributed by atoms with Gasteiger partial charge in [0.05, 0.1) is 19.2 Å². The molecule has 26 heavy (non-hydrogen) atoms. The molecular weight excluding hydrogens is 326 g/mol. The number of nitrogens with two attached hydrogens (primary N) is 1. The molecule has 1 aromatic heterocycles. The number of guanidine groups is 1. The minimum atomic E-state index is 0.363. The fourth-order valence-electron chi connectivity index (χ4n) is 2.62. The van der Waals surface area contributed by atoms with E-state index in [2.05, 4.69) is 21.4 Å². The van der Waals surface area contributed by atoms with E-state index < -0.39 is 0 Å². The van der Waals surface area contributed by atoms with E-state index in [9.17, 15) is 0 Å². The van der Waals surface area contributed by atoms with Gasteiger partial charge in [-0.1, -0.05) is 18.2 Å². The molecule has 134 valence electrons. The van der Waals surface area contributed by atoms with Crippen molar-refractivity contribution in [1.82, 2.24) is 4.98 Å². The molecule has 3 rings (SSSR count). The summed E-state index contributed by atoms with van der Waals surface area (Å²) in [5.74, 6) is 2.06. The summed E-state index contributed by atoms with van der Waals surface area (Å²) in [6, 6.07) is 17.6. The Bertz CT molecular complexity index is 919. The lowest BCUT2D eigenvalue weighted by molar-refractivity contribution is 0.415. The highest BCUT2D eigenvalue weighted by atomic mass is 16.5. The van der Waals surface area contributed by atoms with E-state index in [-0.39, 0.29) is 0 Å². The van der Waals surface area contributed by atoms with Gasteiger partial charge in [-0.15, -0.1) is 0 Å². The first-order valence-corrected chi connectivity index (χ1v) is 8.34. The van der Waals surface area contributed by atoms with Gasteiger partial charge in [0.25, 0.3) is 0 Å². The van der Waals surface area contributed by atoms with Gasteiger partial charge in [-0.05, 0) is 42.0 Å². The summed E-state index contributed by atoms with van der Waals surface area (Å²) >= 11 is 0. The van der Waals surface area contributed by atoms with Gasteiger partial charge < -0.3 is 20.7 Å². The number of pyridine rings is 1. The third kappa shape index (κ3) is 4.03. The van der Waals surface area contributed by atoms with Gasteiger partial charge in [-0.2, -0.15) is 0 Å². The lowest BCUT2D eigenvalue weighted by Gasteiger charge is -2.14. The Morgan fingerprint density at radius 1 is 1.15 bits per heavy atom. The van der Waals surface area contributed by atoms with Crippen LogP contribution in [0.2, 0.25) is 0 Å². The average molecular weight is 349 g/mol. The summed E-state index contributed by atoms with van der Waals surface area (Å²) in [5, 5.41) is 4.18. The van der Waals surface area contributed by atoms with E-state index in [1.165, 1.54) is 0 Å². The molecule has 6 heteroatoms. The summed E-state index contributed by atoms with van der Waals surface area (Å²) in [4.78, 5) is 11.1. The first-order valence-electron chi connectivity index (χ1n) is 8.34. The Labute approximate surface area is 153 Å². The largest absolute Gasteiger partial charge is 0.497 e. The maximum absolute atomic E-state index is 6.05. The Kier molecular flexibility index (Phi) is 5.22. The number of hydrogen-bond donors (Lipinski definition) is 2. The highest BCUT2D eigenvalue weighted by Crippen LogP contribution is 2.23. The van der Waals surface area contributed by atoms with Gasteiger partial charge in [-0.3, -0.25) is 0 Å². The van der Waals surface area contributed by atoms with E-state index in [1.54, 1.807) is 7.11 Å². The Morgan fingerprint density at radius 2 is 1.88 bits per heavy atom. The fraction of sp³-hybridized carbons (Fsp3) is 0.200. The number of benzene rings is 2. The van der Waals surface area contributed by atoms with E-state index in [4.69, 9.17) is 10.5 Å². The Morgan fingerprint density at radius 3 is 2.58 bits per heavy atom. The van der Waals surface area contributed by atoms with Crippen LogP contribution in [-0.4, -0.2) is 32.1 Å². The van der Waals surface area contributed by atoms with Crippen LogP contribution < -0.4 is 20.7 Å². The molecule has 6 nitrogen and oxygen atoms in total. The first kappa shape index (κ1) is 17.5. The summed E-state index contributed by atoms with van der Waals surface area (Å²) < 4.78 is 5.15. The smallest absolute Gasteiger partial charge is 0.193 e. The first-order chi connectivity index (χ1) is 12.6. The molecule has 0 fully saturated rings. The molecule has 2 aromatic carbocycles. The maximum atomic E-state index is 6.05. The number of aliphatic imine (C=N–C) groups is 1. The van der Waals surface area contributed by atoms with Crippen LogP contribution in [0.15, 0.2) is 59.6 Å². The van der Waals surface area contributed by atoms with Crippen molar-refractivity contribution in [3.8, 4) is 5.75 Å². The molecule has 3 aromatic rings. The highest BCUT2D eigenvalue weighted by Gasteiger charge is 2.07. The van der Waals surface area contributed by atoms with Crippen LogP contribution in [0, 0.1) is 0 Å². The zero-order valence-electron chi connectivity index (χ0n) is 15.2. The summed E-state index contributed by atoms with van der Waals surface area (Å²) in [6.07, 6.45) is 0. The van der Waals surface area contributed by atoms with Crippen LogP contribution in [0.4, 0.5) is 11.5 Å². The number of methoxy groups -OCH3 is 1. The van der Waals surface area contributed by atoms with Gasteiger partial charge in [-0.25, -0.2) is 9.98 Å². The predicted octanol–water partition coefficient (Wildman–Crippen LogP) is 3.24. The van der Waals surface area contributed by atoms with Crippen molar-refractivity contribution in [3.05, 3.63) is 60.2 Å². The van der Waals surface area contributed by atoms with Crippen LogP contribution in [0.25, 0.3) is 10.9 Å². The van der Waals surface area contributed by atoms with Crippen LogP contribution >= 0.6 is 0 Å². The van der Waals surface area contributed by atoms with Crippen LogP contribution in [-0.2, 0) is 6.54 Å².